The summed E-state index contributed by atoms with van der Waals surface area (Å²) in [5.41, 5.74) is 1.19. The lowest BCUT2D eigenvalue weighted by molar-refractivity contribution is -0.140. The normalized spacial score (nSPS) is 33.5. The molecule has 2 nitrogen and oxygen atoms in total. The van der Waals surface area contributed by atoms with Crippen LogP contribution < -0.4 is 4.74 Å². The monoisotopic (exact) mass is 424 g/mol. The average Bonchev–Trinajstić information content (AvgIpc) is 2.80. The van der Waals surface area contributed by atoms with Crippen LogP contribution in [0, 0.1) is 42.4 Å². The maximum Gasteiger partial charge on any atom is 0.314 e. The van der Waals surface area contributed by atoms with Crippen molar-refractivity contribution in [1.82, 2.24) is 0 Å². The maximum atomic E-state index is 12.6. The predicted molar refractivity (Wildman–Crippen MR) is 128 cm³/mol. The second-order valence-electron chi connectivity index (χ2n) is 11.1. The predicted octanol–water partition coefficient (Wildman–Crippen LogP) is 8.12. The number of carbonyl (C=O) groups is 1. The minimum absolute atomic E-state index is 0.00703. The van der Waals surface area contributed by atoms with Crippen LogP contribution in [-0.2, 0) is 4.79 Å². The number of aryl methyl sites for hydroxylation is 1. The fourth-order valence-corrected chi connectivity index (χ4v) is 7.03. The molecular formula is C29H44O2. The van der Waals surface area contributed by atoms with Gasteiger partial charge in [-0.2, -0.15) is 0 Å². The number of fused-ring (bicyclic) bond motifs is 1. The fraction of sp³-hybridized carbons (Fsp3) is 0.759. The molecule has 3 aliphatic carbocycles. The van der Waals surface area contributed by atoms with Crippen molar-refractivity contribution in [2.75, 3.05) is 0 Å². The molecule has 2 heteroatoms. The Morgan fingerprint density at radius 1 is 0.806 bits per heavy atom. The first-order valence-electron chi connectivity index (χ1n) is 13.4. The molecule has 0 saturated heterocycles. The highest BCUT2D eigenvalue weighted by atomic mass is 16.5. The number of rotatable bonds is 7. The van der Waals surface area contributed by atoms with Crippen LogP contribution in [0.4, 0.5) is 0 Å². The zero-order valence-electron chi connectivity index (χ0n) is 20.0. The van der Waals surface area contributed by atoms with E-state index in [0.29, 0.717) is 5.75 Å². The third kappa shape index (κ3) is 6.14. The van der Waals surface area contributed by atoms with E-state index in [1.165, 1.54) is 82.6 Å². The molecule has 4 rings (SSSR count). The lowest BCUT2D eigenvalue weighted by Gasteiger charge is -2.45. The van der Waals surface area contributed by atoms with Gasteiger partial charge in [-0.25, -0.2) is 0 Å². The van der Waals surface area contributed by atoms with Crippen molar-refractivity contribution in [3.05, 3.63) is 29.8 Å². The van der Waals surface area contributed by atoms with Gasteiger partial charge in [0.1, 0.15) is 5.75 Å². The molecule has 3 aliphatic rings. The summed E-state index contributed by atoms with van der Waals surface area (Å²) in [5.74, 6) is 5.63. The molecule has 0 heterocycles. The Hall–Kier alpha value is -1.31. The Balaban J connectivity index is 1.19. The van der Waals surface area contributed by atoms with Gasteiger partial charge in [0.15, 0.2) is 0 Å². The SMILES string of the molecule is CCCCCC1CCC2CC(C3CCC(C(=O)Oc4ccc(C)cc4)CC3)CCC2C1. The van der Waals surface area contributed by atoms with Crippen molar-refractivity contribution in [3.63, 3.8) is 0 Å². The molecule has 3 fully saturated rings. The van der Waals surface area contributed by atoms with Gasteiger partial charge in [-0.3, -0.25) is 4.79 Å². The highest BCUT2D eigenvalue weighted by Gasteiger charge is 2.39. The van der Waals surface area contributed by atoms with Gasteiger partial charge in [0.05, 0.1) is 5.92 Å². The summed E-state index contributed by atoms with van der Waals surface area (Å²) in [4.78, 5) is 12.6. The van der Waals surface area contributed by atoms with Gasteiger partial charge in [0, 0.05) is 0 Å². The van der Waals surface area contributed by atoms with Crippen molar-refractivity contribution < 1.29 is 9.53 Å². The van der Waals surface area contributed by atoms with E-state index in [4.69, 9.17) is 4.74 Å². The largest absolute Gasteiger partial charge is 0.426 e. The van der Waals surface area contributed by atoms with Crippen LogP contribution in [0.1, 0.15) is 102 Å². The van der Waals surface area contributed by atoms with Crippen LogP contribution >= 0.6 is 0 Å². The Labute approximate surface area is 190 Å². The molecule has 4 atom stereocenters. The molecule has 172 valence electrons. The highest BCUT2D eigenvalue weighted by Crippen LogP contribution is 2.49. The standard InChI is InChI=1S/C29H44O2/c1-3-4-5-6-22-9-10-27-20-26(16-15-25(27)19-22)23-11-13-24(14-12-23)29(30)31-28-17-7-21(2)8-18-28/h7-8,17-18,22-27H,3-6,9-16,19-20H2,1-2H3. The molecule has 0 amide bonds. The van der Waals surface area contributed by atoms with Crippen LogP contribution in [0.15, 0.2) is 24.3 Å². The smallest absolute Gasteiger partial charge is 0.314 e. The van der Waals surface area contributed by atoms with E-state index < -0.39 is 0 Å². The first-order chi connectivity index (χ1) is 15.1. The van der Waals surface area contributed by atoms with Crippen LogP contribution in [0.3, 0.4) is 0 Å². The Morgan fingerprint density at radius 2 is 1.42 bits per heavy atom. The Morgan fingerprint density at radius 3 is 2.13 bits per heavy atom. The summed E-state index contributed by atoms with van der Waals surface area (Å²) < 4.78 is 5.67. The summed E-state index contributed by atoms with van der Waals surface area (Å²) in [6.07, 6.45) is 19.2. The number of ether oxygens (including phenoxy) is 1. The Kier molecular flexibility index (Phi) is 8.13. The molecule has 0 aliphatic heterocycles. The van der Waals surface area contributed by atoms with Crippen LogP contribution in [0.2, 0.25) is 0 Å². The molecule has 4 unspecified atom stereocenters. The molecule has 0 aromatic heterocycles. The van der Waals surface area contributed by atoms with Crippen molar-refractivity contribution in [2.45, 2.75) is 104 Å². The first-order valence-corrected chi connectivity index (χ1v) is 13.4. The summed E-state index contributed by atoms with van der Waals surface area (Å²) in [7, 11) is 0. The number of unbranched alkanes of at least 4 members (excludes halogenated alkanes) is 2. The third-order valence-electron chi connectivity index (χ3n) is 8.99. The summed E-state index contributed by atoms with van der Waals surface area (Å²) in [6, 6.07) is 7.84. The molecule has 31 heavy (non-hydrogen) atoms. The number of benzene rings is 1. The summed E-state index contributed by atoms with van der Waals surface area (Å²) in [5, 5.41) is 0. The van der Waals surface area contributed by atoms with Gasteiger partial charge in [0.25, 0.3) is 0 Å². The minimum atomic E-state index is -0.00703. The molecule has 0 N–H and O–H groups in total. The van der Waals surface area contributed by atoms with E-state index in [1.807, 2.05) is 24.3 Å². The first kappa shape index (κ1) is 22.9. The van der Waals surface area contributed by atoms with Crippen LogP contribution in [0.25, 0.3) is 0 Å². The minimum Gasteiger partial charge on any atom is -0.426 e. The van der Waals surface area contributed by atoms with Crippen molar-refractivity contribution >= 4 is 5.97 Å². The third-order valence-corrected chi connectivity index (χ3v) is 8.99. The molecule has 1 aromatic rings. The van der Waals surface area contributed by atoms with Crippen molar-refractivity contribution in [3.8, 4) is 5.75 Å². The topological polar surface area (TPSA) is 26.3 Å². The lowest BCUT2D eigenvalue weighted by atomic mass is 9.60. The second-order valence-corrected chi connectivity index (χ2v) is 11.1. The summed E-state index contributed by atoms with van der Waals surface area (Å²) in [6.45, 7) is 4.37. The van der Waals surface area contributed by atoms with E-state index in [2.05, 4.69) is 13.8 Å². The van der Waals surface area contributed by atoms with Gasteiger partial charge < -0.3 is 4.74 Å². The lowest BCUT2D eigenvalue weighted by Crippen LogP contribution is -2.35. The number of esters is 1. The van der Waals surface area contributed by atoms with E-state index in [0.717, 1.165) is 42.4 Å². The van der Waals surface area contributed by atoms with E-state index in [1.54, 1.807) is 0 Å². The zero-order valence-corrected chi connectivity index (χ0v) is 20.0. The van der Waals surface area contributed by atoms with Gasteiger partial charge in [-0.1, -0.05) is 56.7 Å². The van der Waals surface area contributed by atoms with Crippen molar-refractivity contribution in [2.24, 2.45) is 35.5 Å². The van der Waals surface area contributed by atoms with E-state index in [9.17, 15) is 4.79 Å². The van der Waals surface area contributed by atoms with E-state index in [-0.39, 0.29) is 11.9 Å². The number of carbonyl (C=O) groups excluding carboxylic acids is 1. The quantitative estimate of drug-likeness (QED) is 0.251. The van der Waals surface area contributed by atoms with Gasteiger partial charge >= 0.3 is 5.97 Å². The molecular weight excluding hydrogens is 380 g/mol. The number of hydrogen-bond acceptors (Lipinski definition) is 2. The maximum absolute atomic E-state index is 12.6. The van der Waals surface area contributed by atoms with Gasteiger partial charge in [-0.15, -0.1) is 0 Å². The Bertz CT molecular complexity index is 685. The molecule has 0 bridgehead atoms. The second kappa shape index (κ2) is 11.0. The van der Waals surface area contributed by atoms with Gasteiger partial charge in [0.2, 0.25) is 0 Å². The van der Waals surface area contributed by atoms with Gasteiger partial charge in [-0.05, 0) is 106 Å². The van der Waals surface area contributed by atoms with Crippen molar-refractivity contribution in [1.29, 1.82) is 0 Å². The highest BCUT2D eigenvalue weighted by molar-refractivity contribution is 5.75. The van der Waals surface area contributed by atoms with Crippen LogP contribution in [-0.4, -0.2) is 5.97 Å². The van der Waals surface area contributed by atoms with Crippen LogP contribution in [0.5, 0.6) is 5.75 Å². The summed E-state index contributed by atoms with van der Waals surface area (Å²) >= 11 is 0. The average molecular weight is 425 g/mol. The molecule has 0 spiro atoms. The van der Waals surface area contributed by atoms with E-state index >= 15 is 0 Å². The molecule has 0 radical (unpaired) electrons. The molecule has 1 aromatic carbocycles. The number of hydrogen-bond donors (Lipinski definition) is 0. The zero-order chi connectivity index (χ0) is 21.6. The molecule has 3 saturated carbocycles. The fourth-order valence-electron chi connectivity index (χ4n) is 7.03.